The number of amides is 2. The Balaban J connectivity index is 1.71. The molecule has 0 aliphatic carbocycles. The molecule has 0 unspecified atom stereocenters. The number of thioether (sulfide) groups is 2. The van der Waals surface area contributed by atoms with Gasteiger partial charge in [-0.2, -0.15) is 8.78 Å². The Kier molecular flexibility index (Phi) is 5.06. The number of alkyl halides is 2. The number of rotatable bonds is 4. The highest BCUT2D eigenvalue weighted by Gasteiger charge is 2.17. The third-order valence-electron chi connectivity index (χ3n) is 3.21. The van der Waals surface area contributed by atoms with E-state index in [1.807, 2.05) is 0 Å². The zero-order valence-electron chi connectivity index (χ0n) is 12.2. The first-order valence-electron chi connectivity index (χ1n) is 6.94. The van der Waals surface area contributed by atoms with Crippen LogP contribution in [0.25, 0.3) is 0 Å². The van der Waals surface area contributed by atoms with Gasteiger partial charge < -0.3 is 10.6 Å². The summed E-state index contributed by atoms with van der Waals surface area (Å²) in [4.78, 5) is 25.1. The molecule has 2 N–H and O–H groups in total. The van der Waals surface area contributed by atoms with Crippen LogP contribution in [0.2, 0.25) is 0 Å². The van der Waals surface area contributed by atoms with Crippen molar-refractivity contribution in [3.63, 3.8) is 0 Å². The summed E-state index contributed by atoms with van der Waals surface area (Å²) < 4.78 is 24.6. The number of benzene rings is 2. The Bertz CT molecular complexity index is 782. The Morgan fingerprint density at radius 3 is 2.67 bits per heavy atom. The van der Waals surface area contributed by atoms with E-state index in [4.69, 9.17) is 0 Å². The summed E-state index contributed by atoms with van der Waals surface area (Å²) in [7, 11) is 0. The molecular weight excluding hydrogens is 354 g/mol. The normalized spacial score (nSPS) is 13.4. The van der Waals surface area contributed by atoms with Crippen LogP contribution < -0.4 is 10.6 Å². The predicted molar refractivity (Wildman–Crippen MR) is 92.1 cm³/mol. The minimum atomic E-state index is -2.48. The van der Waals surface area contributed by atoms with Crippen LogP contribution in [0, 0.1) is 0 Å². The van der Waals surface area contributed by atoms with Gasteiger partial charge in [0, 0.05) is 21.0 Å². The molecule has 0 spiro atoms. The van der Waals surface area contributed by atoms with Crippen molar-refractivity contribution in [2.75, 3.05) is 16.4 Å². The predicted octanol–water partition coefficient (Wildman–Crippen LogP) is 4.30. The first-order valence-corrected chi connectivity index (χ1v) is 8.81. The fourth-order valence-corrected chi connectivity index (χ4v) is 3.43. The zero-order valence-corrected chi connectivity index (χ0v) is 13.8. The van der Waals surface area contributed by atoms with Crippen molar-refractivity contribution in [2.24, 2.45) is 0 Å². The molecule has 0 bridgehead atoms. The fourth-order valence-electron chi connectivity index (χ4n) is 2.15. The van der Waals surface area contributed by atoms with Crippen molar-refractivity contribution in [3.8, 4) is 0 Å². The Labute approximate surface area is 145 Å². The molecule has 0 aromatic heterocycles. The number of halogens is 2. The van der Waals surface area contributed by atoms with Gasteiger partial charge in [-0.1, -0.05) is 11.8 Å². The van der Waals surface area contributed by atoms with Gasteiger partial charge >= 0.3 is 0 Å². The molecular formula is C16H12F2N2O2S2. The van der Waals surface area contributed by atoms with Crippen molar-refractivity contribution in [3.05, 3.63) is 48.0 Å². The van der Waals surface area contributed by atoms with Gasteiger partial charge in [0.15, 0.2) is 0 Å². The number of hydrogen-bond donors (Lipinski definition) is 2. The van der Waals surface area contributed by atoms with Gasteiger partial charge in [0.25, 0.3) is 11.7 Å². The van der Waals surface area contributed by atoms with Crippen LogP contribution in [-0.4, -0.2) is 23.3 Å². The van der Waals surface area contributed by atoms with Crippen molar-refractivity contribution >= 4 is 46.7 Å². The average molecular weight is 366 g/mol. The van der Waals surface area contributed by atoms with E-state index in [1.165, 1.54) is 23.9 Å². The molecule has 2 amide bonds. The lowest BCUT2D eigenvalue weighted by Crippen LogP contribution is -2.19. The molecule has 8 heteroatoms. The highest BCUT2D eigenvalue weighted by atomic mass is 32.2. The molecule has 2 aromatic rings. The molecule has 1 heterocycles. The molecule has 0 saturated heterocycles. The van der Waals surface area contributed by atoms with Gasteiger partial charge in [-0.15, -0.1) is 11.8 Å². The molecule has 4 nitrogen and oxygen atoms in total. The second-order valence-electron chi connectivity index (χ2n) is 4.90. The summed E-state index contributed by atoms with van der Waals surface area (Å²) >= 11 is 1.87. The Hall–Kier alpha value is -2.06. The third kappa shape index (κ3) is 4.07. The summed E-state index contributed by atoms with van der Waals surface area (Å²) in [6.45, 7) is 0. The largest absolute Gasteiger partial charge is 0.324 e. The quantitative estimate of drug-likeness (QED) is 0.792. The smallest absolute Gasteiger partial charge is 0.288 e. The first-order chi connectivity index (χ1) is 11.5. The summed E-state index contributed by atoms with van der Waals surface area (Å²) in [6, 6.07) is 11.3. The monoisotopic (exact) mass is 366 g/mol. The van der Waals surface area contributed by atoms with Crippen LogP contribution in [0.3, 0.4) is 0 Å². The molecule has 2 aromatic carbocycles. The van der Waals surface area contributed by atoms with Crippen LogP contribution in [0.15, 0.2) is 52.3 Å². The summed E-state index contributed by atoms with van der Waals surface area (Å²) in [5.74, 6) is -2.55. The minimum absolute atomic E-state index is 0.0998. The van der Waals surface area contributed by atoms with E-state index in [0.717, 1.165) is 4.90 Å². The van der Waals surface area contributed by atoms with Gasteiger partial charge in [0.1, 0.15) is 0 Å². The van der Waals surface area contributed by atoms with Gasteiger partial charge in [-0.05, 0) is 42.5 Å². The third-order valence-corrected chi connectivity index (χ3v) is 5.01. The molecule has 3 rings (SSSR count). The van der Waals surface area contributed by atoms with Crippen molar-refractivity contribution in [1.29, 1.82) is 0 Å². The maximum Gasteiger partial charge on any atom is 0.288 e. The molecule has 24 heavy (non-hydrogen) atoms. The lowest BCUT2D eigenvalue weighted by molar-refractivity contribution is -0.113. The van der Waals surface area contributed by atoms with E-state index in [2.05, 4.69) is 10.6 Å². The standard InChI is InChI=1S/C16H12F2N2O2S2/c17-16(18)24-11-4-2-10(3-5-11)19-15(22)9-1-6-13-12(7-9)20-14(21)8-23-13/h1-7,16H,8H2,(H,19,22)(H,20,21). The highest BCUT2D eigenvalue weighted by molar-refractivity contribution is 8.00. The Morgan fingerprint density at radius 1 is 1.21 bits per heavy atom. The number of fused-ring (bicyclic) bond motifs is 1. The van der Waals surface area contributed by atoms with Crippen molar-refractivity contribution < 1.29 is 18.4 Å². The van der Waals surface area contributed by atoms with Crippen LogP contribution in [-0.2, 0) is 4.79 Å². The van der Waals surface area contributed by atoms with Crippen LogP contribution in [0.4, 0.5) is 20.2 Å². The average Bonchev–Trinajstić information content (AvgIpc) is 2.55. The van der Waals surface area contributed by atoms with E-state index < -0.39 is 5.76 Å². The van der Waals surface area contributed by atoms with Crippen molar-refractivity contribution in [2.45, 2.75) is 15.5 Å². The number of nitrogens with one attached hydrogen (secondary N) is 2. The number of carbonyl (C=O) groups excluding carboxylic acids is 2. The van der Waals surface area contributed by atoms with E-state index in [1.54, 1.807) is 30.3 Å². The number of hydrogen-bond acceptors (Lipinski definition) is 4. The molecule has 1 aliphatic heterocycles. The molecule has 124 valence electrons. The fraction of sp³-hybridized carbons (Fsp3) is 0.125. The Morgan fingerprint density at radius 2 is 1.96 bits per heavy atom. The van der Waals surface area contributed by atoms with E-state index in [-0.39, 0.29) is 11.8 Å². The van der Waals surface area contributed by atoms with Gasteiger partial charge in [0.2, 0.25) is 5.91 Å². The zero-order chi connectivity index (χ0) is 17.1. The molecule has 0 saturated carbocycles. The van der Waals surface area contributed by atoms with Crippen LogP contribution in [0.5, 0.6) is 0 Å². The van der Waals surface area contributed by atoms with E-state index in [0.29, 0.717) is 39.3 Å². The summed E-state index contributed by atoms with van der Waals surface area (Å²) in [5, 5.41) is 5.43. The molecule has 0 radical (unpaired) electrons. The van der Waals surface area contributed by atoms with Crippen LogP contribution >= 0.6 is 23.5 Å². The van der Waals surface area contributed by atoms with E-state index >= 15 is 0 Å². The minimum Gasteiger partial charge on any atom is -0.324 e. The second-order valence-corrected chi connectivity index (χ2v) is 6.99. The molecule has 1 aliphatic rings. The molecule has 0 atom stereocenters. The lowest BCUT2D eigenvalue weighted by Gasteiger charge is -2.17. The maximum atomic E-state index is 12.3. The van der Waals surface area contributed by atoms with E-state index in [9.17, 15) is 18.4 Å². The molecule has 0 fully saturated rings. The van der Waals surface area contributed by atoms with Gasteiger partial charge in [-0.25, -0.2) is 0 Å². The topological polar surface area (TPSA) is 58.2 Å². The maximum absolute atomic E-state index is 12.3. The van der Waals surface area contributed by atoms with Crippen molar-refractivity contribution in [1.82, 2.24) is 0 Å². The summed E-state index contributed by atoms with van der Waals surface area (Å²) in [5.41, 5.74) is 1.53. The number of anilines is 2. The SMILES string of the molecule is O=C1CSc2ccc(C(=O)Nc3ccc(SC(F)F)cc3)cc2N1. The number of carbonyl (C=O) groups is 2. The summed E-state index contributed by atoms with van der Waals surface area (Å²) in [6.07, 6.45) is 0. The second kappa shape index (κ2) is 7.23. The first kappa shape index (κ1) is 16.8. The van der Waals surface area contributed by atoms with Gasteiger partial charge in [-0.3, -0.25) is 9.59 Å². The van der Waals surface area contributed by atoms with Gasteiger partial charge in [0.05, 0.1) is 11.4 Å². The highest BCUT2D eigenvalue weighted by Crippen LogP contribution is 2.32. The van der Waals surface area contributed by atoms with Crippen LogP contribution in [0.1, 0.15) is 10.4 Å². The lowest BCUT2D eigenvalue weighted by atomic mass is 10.1.